The van der Waals surface area contributed by atoms with Crippen LogP contribution in [0.2, 0.25) is 0 Å². The number of amides is 1. The predicted molar refractivity (Wildman–Crippen MR) is 113 cm³/mol. The third-order valence-electron chi connectivity index (χ3n) is 5.57. The maximum absolute atomic E-state index is 12.4. The summed E-state index contributed by atoms with van der Waals surface area (Å²) in [5, 5.41) is 8.92. The van der Waals surface area contributed by atoms with E-state index in [0.29, 0.717) is 13.1 Å². The third-order valence-corrected chi connectivity index (χ3v) is 5.57. The summed E-state index contributed by atoms with van der Waals surface area (Å²) in [5.41, 5.74) is 3.75. The summed E-state index contributed by atoms with van der Waals surface area (Å²) in [6, 6.07) is 18.0. The molecule has 0 bridgehead atoms. The Hall–Kier alpha value is -2.86. The molecule has 6 nitrogen and oxygen atoms in total. The Morgan fingerprint density at radius 2 is 1.86 bits per heavy atom. The first-order valence-corrected chi connectivity index (χ1v) is 10.3. The molecule has 6 heteroatoms. The molecular weight excluding hydrogens is 366 g/mol. The number of benzene rings is 2. The Bertz CT molecular complexity index is 874. The Labute approximate surface area is 171 Å². The number of oxime groups is 1. The number of rotatable bonds is 5. The number of aryl methyl sites for hydroxylation is 1. The van der Waals surface area contributed by atoms with E-state index in [0.717, 1.165) is 54.6 Å². The lowest BCUT2D eigenvalue weighted by Crippen LogP contribution is -2.45. The quantitative estimate of drug-likeness (QED) is 0.795. The molecule has 0 aliphatic carbocycles. The van der Waals surface area contributed by atoms with Crippen molar-refractivity contribution >= 4 is 17.5 Å². The Morgan fingerprint density at radius 1 is 1.14 bits per heavy atom. The first-order chi connectivity index (χ1) is 14.2. The number of nitrogens with zero attached hydrogens (tertiary/aromatic N) is 2. The van der Waals surface area contributed by atoms with E-state index in [-0.39, 0.29) is 5.60 Å². The van der Waals surface area contributed by atoms with Crippen LogP contribution in [-0.2, 0) is 16.1 Å². The maximum atomic E-state index is 12.4. The highest BCUT2D eigenvalue weighted by Crippen LogP contribution is 2.36. The van der Waals surface area contributed by atoms with Gasteiger partial charge in [-0.3, -0.25) is 5.32 Å². The topological polar surface area (TPSA) is 63.2 Å². The summed E-state index contributed by atoms with van der Waals surface area (Å²) in [6.07, 6.45) is 3.83. The van der Waals surface area contributed by atoms with Crippen LogP contribution in [0.4, 0.5) is 10.5 Å². The Morgan fingerprint density at radius 3 is 2.62 bits per heavy atom. The normalized spacial score (nSPS) is 18.2. The fraction of sp³-hybridized carbons (Fsp3) is 0.391. The van der Waals surface area contributed by atoms with E-state index < -0.39 is 6.09 Å². The summed E-state index contributed by atoms with van der Waals surface area (Å²) in [6.45, 7) is 3.37. The van der Waals surface area contributed by atoms with Gasteiger partial charge < -0.3 is 9.68 Å². The molecule has 0 unspecified atom stereocenters. The molecule has 2 heterocycles. The van der Waals surface area contributed by atoms with E-state index in [4.69, 9.17) is 9.68 Å². The van der Waals surface area contributed by atoms with Crippen molar-refractivity contribution in [2.75, 3.05) is 18.4 Å². The standard InChI is InChI=1S/C23H27N3O3/c1-2-8-18-11-6-7-12-20(18)24-22(27)28-26-15-13-23(14-16-26)17-21(25-29-23)19-9-4-3-5-10-19/h3-7,9-12H,2,8,13-17H2,1H3,(H,24,27). The molecule has 2 aromatic rings. The van der Waals surface area contributed by atoms with Gasteiger partial charge in [-0.15, -0.1) is 5.06 Å². The SMILES string of the molecule is CCCc1ccccc1NC(=O)ON1CCC2(CC1)CC(c1ccccc1)=NO2. The summed E-state index contributed by atoms with van der Waals surface area (Å²) in [4.78, 5) is 23.7. The summed E-state index contributed by atoms with van der Waals surface area (Å²) < 4.78 is 0. The number of hydrogen-bond donors (Lipinski definition) is 1. The fourth-order valence-corrected chi connectivity index (χ4v) is 3.94. The molecule has 1 fully saturated rings. The van der Waals surface area contributed by atoms with Gasteiger partial charge in [0, 0.05) is 38.0 Å². The number of para-hydroxylation sites is 1. The second-order valence-corrected chi connectivity index (χ2v) is 7.69. The molecule has 2 aromatic carbocycles. The molecule has 152 valence electrons. The largest absolute Gasteiger partial charge is 0.430 e. The van der Waals surface area contributed by atoms with E-state index in [9.17, 15) is 4.79 Å². The Balaban J connectivity index is 1.28. The summed E-state index contributed by atoms with van der Waals surface area (Å²) >= 11 is 0. The van der Waals surface area contributed by atoms with E-state index in [2.05, 4.69) is 29.5 Å². The van der Waals surface area contributed by atoms with Crippen molar-refractivity contribution in [2.24, 2.45) is 5.16 Å². The first kappa shape index (κ1) is 19.5. The van der Waals surface area contributed by atoms with E-state index >= 15 is 0 Å². The van der Waals surface area contributed by atoms with Gasteiger partial charge in [0.2, 0.25) is 0 Å². The van der Waals surface area contributed by atoms with Crippen LogP contribution < -0.4 is 5.32 Å². The molecule has 0 saturated carbocycles. The lowest BCUT2D eigenvalue weighted by molar-refractivity contribution is -0.154. The van der Waals surface area contributed by atoms with Gasteiger partial charge in [0.1, 0.15) is 5.60 Å². The molecule has 0 atom stereocenters. The summed E-state index contributed by atoms with van der Waals surface area (Å²) in [7, 11) is 0. The maximum Gasteiger partial charge on any atom is 0.430 e. The second-order valence-electron chi connectivity index (χ2n) is 7.69. The average molecular weight is 393 g/mol. The van der Waals surface area contributed by atoms with Crippen LogP contribution in [-0.4, -0.2) is 35.6 Å². The van der Waals surface area contributed by atoms with Crippen molar-refractivity contribution in [1.29, 1.82) is 0 Å². The van der Waals surface area contributed by atoms with Crippen LogP contribution in [0.5, 0.6) is 0 Å². The minimum Gasteiger partial charge on any atom is -0.388 e. The Kier molecular flexibility index (Phi) is 5.81. The number of piperidine rings is 1. The van der Waals surface area contributed by atoms with E-state index in [1.165, 1.54) is 0 Å². The molecule has 29 heavy (non-hydrogen) atoms. The first-order valence-electron chi connectivity index (χ1n) is 10.3. The minimum atomic E-state index is -0.446. The van der Waals surface area contributed by atoms with Gasteiger partial charge in [-0.05, 0) is 23.6 Å². The highest BCUT2D eigenvalue weighted by atomic mass is 16.7. The zero-order valence-electron chi connectivity index (χ0n) is 16.8. The van der Waals surface area contributed by atoms with Gasteiger partial charge in [0.05, 0.1) is 5.71 Å². The van der Waals surface area contributed by atoms with Crippen molar-refractivity contribution < 1.29 is 14.5 Å². The van der Waals surface area contributed by atoms with Crippen molar-refractivity contribution in [3.8, 4) is 0 Å². The minimum absolute atomic E-state index is 0.283. The van der Waals surface area contributed by atoms with Crippen molar-refractivity contribution in [1.82, 2.24) is 5.06 Å². The highest BCUT2D eigenvalue weighted by molar-refractivity contribution is 6.01. The highest BCUT2D eigenvalue weighted by Gasteiger charge is 2.43. The number of carbonyl (C=O) groups excluding carboxylic acids is 1. The lowest BCUT2D eigenvalue weighted by Gasteiger charge is -2.35. The molecule has 1 saturated heterocycles. The number of nitrogens with one attached hydrogen (secondary N) is 1. The van der Waals surface area contributed by atoms with Gasteiger partial charge in [-0.2, -0.15) is 0 Å². The number of hydroxylamine groups is 2. The number of carbonyl (C=O) groups is 1. The zero-order chi connectivity index (χ0) is 20.1. The monoisotopic (exact) mass is 393 g/mol. The van der Waals surface area contributed by atoms with Crippen LogP contribution >= 0.6 is 0 Å². The van der Waals surface area contributed by atoms with Gasteiger partial charge in [0.25, 0.3) is 0 Å². The molecule has 0 radical (unpaired) electrons. The van der Waals surface area contributed by atoms with Crippen molar-refractivity contribution in [3.63, 3.8) is 0 Å². The molecule has 0 aromatic heterocycles. The van der Waals surface area contributed by atoms with Crippen LogP contribution in [0.1, 0.15) is 43.7 Å². The third kappa shape index (κ3) is 4.59. The van der Waals surface area contributed by atoms with E-state index in [1.807, 2.05) is 42.5 Å². The average Bonchev–Trinajstić information content (AvgIpc) is 3.16. The van der Waals surface area contributed by atoms with E-state index in [1.54, 1.807) is 5.06 Å². The van der Waals surface area contributed by atoms with Crippen LogP contribution in [0.15, 0.2) is 59.8 Å². The molecule has 1 spiro atoms. The fourth-order valence-electron chi connectivity index (χ4n) is 3.94. The molecule has 1 N–H and O–H groups in total. The second kappa shape index (κ2) is 8.66. The lowest BCUT2D eigenvalue weighted by atomic mass is 9.86. The molecule has 1 amide bonds. The van der Waals surface area contributed by atoms with Crippen LogP contribution in [0.3, 0.4) is 0 Å². The molecule has 4 rings (SSSR count). The zero-order valence-corrected chi connectivity index (χ0v) is 16.8. The number of anilines is 1. The van der Waals surface area contributed by atoms with Crippen LogP contribution in [0, 0.1) is 0 Å². The van der Waals surface area contributed by atoms with Gasteiger partial charge in [-0.25, -0.2) is 4.79 Å². The molecular formula is C23H27N3O3. The van der Waals surface area contributed by atoms with Crippen LogP contribution in [0.25, 0.3) is 0 Å². The number of hydrogen-bond acceptors (Lipinski definition) is 5. The molecule has 2 aliphatic rings. The van der Waals surface area contributed by atoms with Gasteiger partial charge in [-0.1, -0.05) is 67.0 Å². The van der Waals surface area contributed by atoms with Crippen molar-refractivity contribution in [3.05, 3.63) is 65.7 Å². The summed E-state index contributed by atoms with van der Waals surface area (Å²) in [5.74, 6) is 0. The predicted octanol–water partition coefficient (Wildman–Crippen LogP) is 4.76. The van der Waals surface area contributed by atoms with Gasteiger partial charge in [0.15, 0.2) is 0 Å². The van der Waals surface area contributed by atoms with Gasteiger partial charge >= 0.3 is 6.09 Å². The van der Waals surface area contributed by atoms with Crippen molar-refractivity contribution in [2.45, 2.75) is 44.6 Å². The smallest absolute Gasteiger partial charge is 0.388 e. The molecule has 2 aliphatic heterocycles.